The van der Waals surface area contributed by atoms with Crippen LogP contribution in [0.3, 0.4) is 0 Å². The fraction of sp³-hybridized carbons (Fsp3) is 0.188. The summed E-state index contributed by atoms with van der Waals surface area (Å²) in [5, 5.41) is 0. The first-order chi connectivity index (χ1) is 9.12. The Kier molecular flexibility index (Phi) is 6.46. The zero-order valence-electron chi connectivity index (χ0n) is 11.3. The van der Waals surface area contributed by atoms with Crippen LogP contribution in [-0.2, 0) is 4.74 Å². The third-order valence-electron chi connectivity index (χ3n) is 2.54. The van der Waals surface area contributed by atoms with Gasteiger partial charge in [-0.05, 0) is 29.7 Å². The van der Waals surface area contributed by atoms with Crippen molar-refractivity contribution in [1.82, 2.24) is 0 Å². The van der Waals surface area contributed by atoms with E-state index in [2.05, 4.69) is 39.7 Å². The van der Waals surface area contributed by atoms with Crippen molar-refractivity contribution in [3.05, 3.63) is 58.1 Å². The van der Waals surface area contributed by atoms with E-state index in [1.165, 1.54) is 5.56 Å². The molecule has 0 aliphatic carbocycles. The fourth-order valence-electron chi connectivity index (χ4n) is 1.58. The molecule has 0 atom stereocenters. The Morgan fingerprint density at radius 1 is 1.00 bits per heavy atom. The quantitative estimate of drug-likeness (QED) is 0.761. The van der Waals surface area contributed by atoms with Crippen LogP contribution in [0.2, 0.25) is 0 Å². The van der Waals surface area contributed by atoms with Gasteiger partial charge in [-0.3, -0.25) is 4.79 Å². The second-order valence-electron chi connectivity index (χ2n) is 4.11. The number of methoxy groups -OCH3 is 1. The molecule has 0 amide bonds. The number of rotatable bonds is 2. The smallest absolute Gasteiger partial charge is 0.150 e. The molecule has 0 aromatic heterocycles. The molecule has 3 heteroatoms. The molecular formula is C16H17BrO2. The van der Waals surface area contributed by atoms with Crippen molar-refractivity contribution in [3.63, 3.8) is 0 Å². The molecular weight excluding hydrogens is 304 g/mol. The lowest BCUT2D eigenvalue weighted by atomic mass is 10.0. The molecule has 100 valence electrons. The highest BCUT2D eigenvalue weighted by Gasteiger charge is 2.00. The van der Waals surface area contributed by atoms with Crippen molar-refractivity contribution in [3.8, 4) is 11.1 Å². The Bertz CT molecular complexity index is 533. The molecule has 2 nitrogen and oxygen atoms in total. The topological polar surface area (TPSA) is 26.3 Å². The third kappa shape index (κ3) is 4.62. The van der Waals surface area contributed by atoms with Crippen LogP contribution < -0.4 is 0 Å². The van der Waals surface area contributed by atoms with Gasteiger partial charge >= 0.3 is 0 Å². The summed E-state index contributed by atoms with van der Waals surface area (Å²) in [6.45, 7) is 2.06. The largest absolute Gasteiger partial charge is 0.388 e. The average molecular weight is 321 g/mol. The van der Waals surface area contributed by atoms with Crippen LogP contribution in [0.4, 0.5) is 0 Å². The highest BCUT2D eigenvalue weighted by atomic mass is 79.9. The minimum absolute atomic E-state index is 0.706. The SMILES string of the molecule is COC.Cc1cc(-c2ccc(C=O)cc2)ccc1Br. The van der Waals surface area contributed by atoms with Crippen LogP contribution in [0, 0.1) is 6.92 Å². The van der Waals surface area contributed by atoms with Crippen molar-refractivity contribution in [1.29, 1.82) is 0 Å². The van der Waals surface area contributed by atoms with E-state index in [0.717, 1.165) is 21.9 Å². The minimum Gasteiger partial charge on any atom is -0.388 e. The number of carbonyl (C=O) groups is 1. The monoisotopic (exact) mass is 320 g/mol. The molecule has 2 rings (SSSR count). The van der Waals surface area contributed by atoms with E-state index < -0.39 is 0 Å². The number of aldehydes is 1. The second kappa shape index (κ2) is 7.87. The number of hydrogen-bond acceptors (Lipinski definition) is 2. The standard InChI is InChI=1S/C14H11BrO.C2H6O/c1-10-8-13(6-7-14(10)15)12-4-2-11(9-16)3-5-12;1-3-2/h2-9H,1H3;1-2H3. The maximum atomic E-state index is 10.5. The molecule has 0 unspecified atom stereocenters. The van der Waals surface area contributed by atoms with E-state index in [4.69, 9.17) is 0 Å². The number of halogens is 1. The molecule has 19 heavy (non-hydrogen) atoms. The first kappa shape index (κ1) is 15.6. The zero-order chi connectivity index (χ0) is 14.3. The molecule has 0 fully saturated rings. The van der Waals surface area contributed by atoms with Gasteiger partial charge in [0.25, 0.3) is 0 Å². The van der Waals surface area contributed by atoms with E-state index in [1.54, 1.807) is 14.2 Å². The summed E-state index contributed by atoms with van der Waals surface area (Å²) in [7, 11) is 3.25. The van der Waals surface area contributed by atoms with Gasteiger partial charge in [0.05, 0.1) is 0 Å². The fourth-order valence-corrected chi connectivity index (χ4v) is 1.83. The Hall–Kier alpha value is -1.45. The first-order valence-electron chi connectivity index (χ1n) is 5.84. The van der Waals surface area contributed by atoms with Gasteiger partial charge in [0.2, 0.25) is 0 Å². The van der Waals surface area contributed by atoms with Crippen molar-refractivity contribution in [2.24, 2.45) is 0 Å². The Morgan fingerprint density at radius 3 is 2.00 bits per heavy atom. The maximum Gasteiger partial charge on any atom is 0.150 e. The van der Waals surface area contributed by atoms with E-state index >= 15 is 0 Å². The summed E-state index contributed by atoms with van der Waals surface area (Å²) >= 11 is 3.48. The molecule has 0 bridgehead atoms. The van der Waals surface area contributed by atoms with Gasteiger partial charge in [-0.15, -0.1) is 0 Å². The summed E-state index contributed by atoms with van der Waals surface area (Å²) in [5.41, 5.74) is 4.20. The lowest BCUT2D eigenvalue weighted by molar-refractivity contribution is 0.112. The first-order valence-corrected chi connectivity index (χ1v) is 6.63. The normalized spacial score (nSPS) is 9.47. The summed E-state index contributed by atoms with van der Waals surface area (Å²) in [4.78, 5) is 10.5. The molecule has 0 aliphatic rings. The lowest BCUT2D eigenvalue weighted by Crippen LogP contribution is -1.83. The van der Waals surface area contributed by atoms with Crippen molar-refractivity contribution in [2.45, 2.75) is 6.92 Å². The molecule has 0 aliphatic heterocycles. The summed E-state index contributed by atoms with van der Waals surface area (Å²) in [6, 6.07) is 13.8. The zero-order valence-corrected chi connectivity index (χ0v) is 12.9. The average Bonchev–Trinajstić information content (AvgIpc) is 2.43. The Labute approximate surface area is 122 Å². The molecule has 0 radical (unpaired) electrons. The maximum absolute atomic E-state index is 10.5. The van der Waals surface area contributed by atoms with Gasteiger partial charge in [0, 0.05) is 24.3 Å². The van der Waals surface area contributed by atoms with Crippen LogP contribution in [0.15, 0.2) is 46.9 Å². The van der Waals surface area contributed by atoms with Crippen molar-refractivity contribution >= 4 is 22.2 Å². The summed E-state index contributed by atoms with van der Waals surface area (Å²) < 4.78 is 5.36. The molecule has 0 spiro atoms. The molecule has 0 saturated carbocycles. The second-order valence-corrected chi connectivity index (χ2v) is 4.97. The van der Waals surface area contributed by atoms with Gasteiger partial charge in [-0.25, -0.2) is 0 Å². The molecule has 0 heterocycles. The van der Waals surface area contributed by atoms with Gasteiger partial charge in [0.1, 0.15) is 6.29 Å². The van der Waals surface area contributed by atoms with Crippen LogP contribution in [-0.4, -0.2) is 20.5 Å². The molecule has 2 aromatic rings. The van der Waals surface area contributed by atoms with Crippen molar-refractivity contribution < 1.29 is 9.53 Å². The van der Waals surface area contributed by atoms with Gasteiger partial charge < -0.3 is 4.74 Å². The van der Waals surface area contributed by atoms with Crippen LogP contribution in [0.5, 0.6) is 0 Å². The highest BCUT2D eigenvalue weighted by molar-refractivity contribution is 9.10. The Balaban J connectivity index is 0.000000550. The molecule has 2 aromatic carbocycles. The van der Waals surface area contributed by atoms with E-state index in [9.17, 15) is 4.79 Å². The predicted molar refractivity (Wildman–Crippen MR) is 82.6 cm³/mol. The molecule has 0 saturated heterocycles. The molecule has 0 N–H and O–H groups in total. The van der Waals surface area contributed by atoms with Crippen LogP contribution in [0.25, 0.3) is 11.1 Å². The Morgan fingerprint density at radius 2 is 1.53 bits per heavy atom. The van der Waals surface area contributed by atoms with Gasteiger partial charge in [-0.2, -0.15) is 0 Å². The van der Waals surface area contributed by atoms with Crippen LogP contribution >= 0.6 is 15.9 Å². The predicted octanol–water partition coefficient (Wildman–Crippen LogP) is 4.50. The van der Waals surface area contributed by atoms with E-state index in [-0.39, 0.29) is 0 Å². The lowest BCUT2D eigenvalue weighted by Gasteiger charge is -2.04. The number of hydrogen-bond donors (Lipinski definition) is 0. The summed E-state index contributed by atoms with van der Waals surface area (Å²) in [5.74, 6) is 0. The van der Waals surface area contributed by atoms with E-state index in [0.29, 0.717) is 5.56 Å². The number of aryl methyl sites for hydroxylation is 1. The number of ether oxygens (including phenoxy) is 1. The minimum atomic E-state index is 0.706. The van der Waals surface area contributed by atoms with Gasteiger partial charge in [0.15, 0.2) is 0 Å². The van der Waals surface area contributed by atoms with E-state index in [1.807, 2.05) is 30.3 Å². The van der Waals surface area contributed by atoms with Crippen LogP contribution in [0.1, 0.15) is 15.9 Å². The summed E-state index contributed by atoms with van der Waals surface area (Å²) in [6.07, 6.45) is 0.858. The third-order valence-corrected chi connectivity index (χ3v) is 3.43. The van der Waals surface area contributed by atoms with Gasteiger partial charge in [-0.1, -0.05) is 52.3 Å². The highest BCUT2D eigenvalue weighted by Crippen LogP contribution is 2.25. The van der Waals surface area contributed by atoms with Crippen molar-refractivity contribution in [2.75, 3.05) is 14.2 Å². The number of benzene rings is 2. The number of carbonyl (C=O) groups excluding carboxylic acids is 1.